The van der Waals surface area contributed by atoms with Crippen LogP contribution < -0.4 is 10.5 Å². The zero-order valence-corrected chi connectivity index (χ0v) is 13.2. The van der Waals surface area contributed by atoms with Crippen molar-refractivity contribution in [2.75, 3.05) is 0 Å². The maximum absolute atomic E-state index is 5.88. The van der Waals surface area contributed by atoms with Gasteiger partial charge in [-0.3, -0.25) is 0 Å². The maximum Gasteiger partial charge on any atom is 0.220 e. The minimum atomic E-state index is 0.457. The molecule has 0 atom stereocenters. The van der Waals surface area contributed by atoms with Gasteiger partial charge in [-0.05, 0) is 42.3 Å². The molecule has 0 aliphatic carbocycles. The van der Waals surface area contributed by atoms with E-state index in [0.717, 1.165) is 32.3 Å². The van der Waals surface area contributed by atoms with Crippen LogP contribution in [0.2, 0.25) is 0 Å². The molecule has 0 bridgehead atoms. The fourth-order valence-corrected chi connectivity index (χ4v) is 2.49. The van der Waals surface area contributed by atoms with E-state index in [1.54, 1.807) is 0 Å². The molecule has 3 nitrogen and oxygen atoms in total. The van der Waals surface area contributed by atoms with Crippen molar-refractivity contribution in [1.82, 2.24) is 4.98 Å². The summed E-state index contributed by atoms with van der Waals surface area (Å²) in [4.78, 5) is 4.54. The van der Waals surface area contributed by atoms with Gasteiger partial charge in [-0.1, -0.05) is 34.1 Å². The molecule has 3 aromatic rings. The molecule has 0 spiro atoms. The molecule has 4 heteroatoms. The van der Waals surface area contributed by atoms with Crippen LogP contribution in [0.15, 0.2) is 53.0 Å². The predicted molar refractivity (Wildman–Crippen MR) is 88.6 cm³/mol. The summed E-state index contributed by atoms with van der Waals surface area (Å²) >= 11 is 3.48. The van der Waals surface area contributed by atoms with Gasteiger partial charge in [-0.2, -0.15) is 0 Å². The van der Waals surface area contributed by atoms with Crippen molar-refractivity contribution in [1.29, 1.82) is 0 Å². The molecule has 0 fully saturated rings. The first-order valence-corrected chi connectivity index (χ1v) is 7.49. The first-order valence-electron chi connectivity index (χ1n) is 6.70. The molecular weight excluding hydrogens is 328 g/mol. The average Bonchev–Trinajstić information content (AvgIpc) is 2.50. The molecule has 2 N–H and O–H groups in total. The molecule has 0 amide bonds. The summed E-state index contributed by atoms with van der Waals surface area (Å²) in [7, 11) is 0. The van der Waals surface area contributed by atoms with Crippen molar-refractivity contribution in [2.24, 2.45) is 5.73 Å². The van der Waals surface area contributed by atoms with Crippen molar-refractivity contribution >= 4 is 26.8 Å². The molecule has 2 aromatic carbocycles. The standard InChI is InChI=1S/C17H15BrN2O/c1-11-8-13(6-7-15(11)18)21-17-9-12(10-19)14-4-2-3-5-16(14)20-17/h2-9H,10,19H2,1H3. The summed E-state index contributed by atoms with van der Waals surface area (Å²) in [6.07, 6.45) is 0. The van der Waals surface area contributed by atoms with Gasteiger partial charge in [-0.25, -0.2) is 4.98 Å². The second kappa shape index (κ2) is 5.84. The fourth-order valence-electron chi connectivity index (χ4n) is 2.24. The molecule has 0 radical (unpaired) electrons. The number of benzene rings is 2. The summed E-state index contributed by atoms with van der Waals surface area (Å²) in [5.41, 5.74) is 8.88. The summed E-state index contributed by atoms with van der Waals surface area (Å²) in [6.45, 7) is 2.48. The van der Waals surface area contributed by atoms with Gasteiger partial charge in [0.1, 0.15) is 5.75 Å². The van der Waals surface area contributed by atoms with Crippen LogP contribution in [0.1, 0.15) is 11.1 Å². The third kappa shape index (κ3) is 2.91. The van der Waals surface area contributed by atoms with Crippen molar-refractivity contribution in [2.45, 2.75) is 13.5 Å². The number of rotatable bonds is 3. The first kappa shape index (κ1) is 14.0. The van der Waals surface area contributed by atoms with E-state index >= 15 is 0 Å². The number of aryl methyl sites for hydroxylation is 1. The van der Waals surface area contributed by atoms with Crippen LogP contribution in [0.25, 0.3) is 10.9 Å². The number of aromatic nitrogens is 1. The second-order valence-corrected chi connectivity index (χ2v) is 5.71. The van der Waals surface area contributed by atoms with E-state index in [4.69, 9.17) is 10.5 Å². The zero-order valence-electron chi connectivity index (χ0n) is 11.6. The van der Waals surface area contributed by atoms with Gasteiger partial charge >= 0.3 is 0 Å². The monoisotopic (exact) mass is 342 g/mol. The van der Waals surface area contributed by atoms with E-state index < -0.39 is 0 Å². The third-order valence-electron chi connectivity index (χ3n) is 3.35. The van der Waals surface area contributed by atoms with Crippen LogP contribution in [0.3, 0.4) is 0 Å². The highest BCUT2D eigenvalue weighted by Gasteiger charge is 2.07. The lowest BCUT2D eigenvalue weighted by atomic mass is 10.1. The fraction of sp³-hybridized carbons (Fsp3) is 0.118. The Morgan fingerprint density at radius 2 is 1.95 bits per heavy atom. The van der Waals surface area contributed by atoms with E-state index in [9.17, 15) is 0 Å². The average molecular weight is 343 g/mol. The second-order valence-electron chi connectivity index (χ2n) is 4.85. The Hall–Kier alpha value is -1.91. The highest BCUT2D eigenvalue weighted by Crippen LogP contribution is 2.28. The van der Waals surface area contributed by atoms with Crippen molar-refractivity contribution in [3.63, 3.8) is 0 Å². The van der Waals surface area contributed by atoms with Gasteiger partial charge < -0.3 is 10.5 Å². The van der Waals surface area contributed by atoms with Crippen LogP contribution in [-0.4, -0.2) is 4.98 Å². The van der Waals surface area contributed by atoms with Crippen molar-refractivity contribution < 1.29 is 4.74 Å². The maximum atomic E-state index is 5.88. The lowest BCUT2D eigenvalue weighted by Gasteiger charge is -2.10. The molecule has 1 heterocycles. The molecule has 0 saturated heterocycles. The Morgan fingerprint density at radius 1 is 1.14 bits per heavy atom. The molecule has 1 aromatic heterocycles. The van der Waals surface area contributed by atoms with Gasteiger partial charge in [0.05, 0.1) is 5.52 Å². The van der Waals surface area contributed by atoms with Gasteiger partial charge in [0.15, 0.2) is 0 Å². The zero-order chi connectivity index (χ0) is 14.8. The number of nitrogens with two attached hydrogens (primary N) is 1. The van der Waals surface area contributed by atoms with E-state index in [1.807, 2.05) is 55.5 Å². The molecular formula is C17H15BrN2O. The highest BCUT2D eigenvalue weighted by molar-refractivity contribution is 9.10. The number of hydrogen-bond acceptors (Lipinski definition) is 3. The minimum Gasteiger partial charge on any atom is -0.439 e. The lowest BCUT2D eigenvalue weighted by Crippen LogP contribution is -2.00. The Bertz CT molecular complexity index is 802. The van der Waals surface area contributed by atoms with Crippen LogP contribution in [0.4, 0.5) is 0 Å². The van der Waals surface area contributed by atoms with E-state index in [0.29, 0.717) is 12.4 Å². The number of pyridine rings is 1. The molecule has 0 aliphatic heterocycles. The first-order chi connectivity index (χ1) is 10.2. The van der Waals surface area contributed by atoms with Crippen molar-refractivity contribution in [3.8, 4) is 11.6 Å². The molecule has 106 valence electrons. The largest absolute Gasteiger partial charge is 0.439 e. The molecule has 0 saturated carbocycles. The van der Waals surface area contributed by atoms with E-state index in [2.05, 4.69) is 20.9 Å². The summed E-state index contributed by atoms with van der Waals surface area (Å²) in [5.74, 6) is 1.33. The molecule has 0 aliphatic rings. The Morgan fingerprint density at radius 3 is 2.71 bits per heavy atom. The Labute approximate surface area is 131 Å². The summed E-state index contributed by atoms with van der Waals surface area (Å²) in [5, 5.41) is 1.07. The Kier molecular flexibility index (Phi) is 3.90. The quantitative estimate of drug-likeness (QED) is 0.759. The summed E-state index contributed by atoms with van der Waals surface area (Å²) in [6, 6.07) is 15.7. The van der Waals surface area contributed by atoms with Crippen LogP contribution in [-0.2, 0) is 6.54 Å². The van der Waals surface area contributed by atoms with Crippen LogP contribution >= 0.6 is 15.9 Å². The lowest BCUT2D eigenvalue weighted by molar-refractivity contribution is 0.464. The number of halogens is 1. The highest BCUT2D eigenvalue weighted by atomic mass is 79.9. The number of fused-ring (bicyclic) bond motifs is 1. The molecule has 0 unspecified atom stereocenters. The smallest absolute Gasteiger partial charge is 0.220 e. The van der Waals surface area contributed by atoms with Crippen molar-refractivity contribution in [3.05, 3.63) is 64.1 Å². The predicted octanol–water partition coefficient (Wildman–Crippen LogP) is 4.56. The molecule has 3 rings (SSSR count). The summed E-state index contributed by atoms with van der Waals surface area (Å²) < 4.78 is 6.94. The van der Waals surface area contributed by atoms with Crippen LogP contribution in [0, 0.1) is 6.92 Å². The van der Waals surface area contributed by atoms with E-state index in [-0.39, 0.29) is 0 Å². The van der Waals surface area contributed by atoms with E-state index in [1.165, 1.54) is 0 Å². The minimum absolute atomic E-state index is 0.457. The van der Waals surface area contributed by atoms with Gasteiger partial charge in [0, 0.05) is 22.5 Å². The van der Waals surface area contributed by atoms with Gasteiger partial charge in [-0.15, -0.1) is 0 Å². The number of hydrogen-bond donors (Lipinski definition) is 1. The van der Waals surface area contributed by atoms with Crippen LogP contribution in [0.5, 0.6) is 11.6 Å². The topological polar surface area (TPSA) is 48.1 Å². The number of nitrogens with zero attached hydrogens (tertiary/aromatic N) is 1. The van der Waals surface area contributed by atoms with Gasteiger partial charge in [0.2, 0.25) is 5.88 Å². The normalized spacial score (nSPS) is 10.8. The number of ether oxygens (including phenoxy) is 1. The number of para-hydroxylation sites is 1. The van der Waals surface area contributed by atoms with Gasteiger partial charge in [0.25, 0.3) is 0 Å². The Balaban J connectivity index is 2.02. The SMILES string of the molecule is Cc1cc(Oc2cc(CN)c3ccccc3n2)ccc1Br. The molecule has 21 heavy (non-hydrogen) atoms. The third-order valence-corrected chi connectivity index (χ3v) is 4.24.